The number of carbonyl (C=O) groups is 1. The van der Waals surface area contributed by atoms with Crippen molar-refractivity contribution < 1.29 is 4.79 Å². The zero-order chi connectivity index (χ0) is 18.3. The van der Waals surface area contributed by atoms with E-state index in [9.17, 15) is 9.59 Å². The normalized spacial score (nSPS) is 11.3. The largest absolute Gasteiger partial charge is 0.344 e. The van der Waals surface area contributed by atoms with Crippen LogP contribution in [0.1, 0.15) is 40.8 Å². The van der Waals surface area contributed by atoms with Crippen LogP contribution in [0.15, 0.2) is 29.2 Å². The number of fused-ring (bicyclic) bond motifs is 1. The summed E-state index contributed by atoms with van der Waals surface area (Å²) in [6, 6.07) is 5.23. The fourth-order valence-corrected chi connectivity index (χ4v) is 3.59. The van der Waals surface area contributed by atoms with Gasteiger partial charge in [0.05, 0.1) is 11.2 Å². The number of rotatable bonds is 3. The molecule has 130 valence electrons. The average Bonchev–Trinajstić information content (AvgIpc) is 2.85. The highest BCUT2D eigenvalue weighted by molar-refractivity contribution is 7.15. The van der Waals surface area contributed by atoms with Crippen molar-refractivity contribution in [2.24, 2.45) is 0 Å². The number of pyridine rings is 1. The highest BCUT2D eigenvalue weighted by atomic mass is 35.5. The second-order valence-electron chi connectivity index (χ2n) is 6.15. The van der Waals surface area contributed by atoms with E-state index in [1.54, 1.807) is 24.4 Å². The number of thiazole rings is 1. The fraction of sp³-hybridized carbons (Fsp3) is 0.278. The number of aromatic nitrogens is 2. The minimum absolute atomic E-state index is 0.0778. The number of nitrogens with zero attached hydrogens (tertiary/aromatic N) is 2. The van der Waals surface area contributed by atoms with E-state index in [-0.39, 0.29) is 17.0 Å². The summed E-state index contributed by atoms with van der Waals surface area (Å²) in [5.41, 5.74) is 1.36. The lowest BCUT2D eigenvalue weighted by Crippen LogP contribution is -2.24. The van der Waals surface area contributed by atoms with E-state index in [0.29, 0.717) is 15.5 Å². The Balaban J connectivity index is 2.13. The second kappa shape index (κ2) is 6.61. The first-order chi connectivity index (χ1) is 11.8. The van der Waals surface area contributed by atoms with Gasteiger partial charge in [0.25, 0.3) is 5.91 Å². The zero-order valence-corrected chi connectivity index (χ0v) is 16.0. The zero-order valence-electron chi connectivity index (χ0n) is 14.4. The molecule has 7 heteroatoms. The van der Waals surface area contributed by atoms with Gasteiger partial charge in [-0.3, -0.25) is 14.9 Å². The second-order valence-corrected chi connectivity index (χ2v) is 7.79. The van der Waals surface area contributed by atoms with Gasteiger partial charge in [0.1, 0.15) is 5.56 Å². The molecule has 0 bridgehead atoms. The van der Waals surface area contributed by atoms with Crippen LogP contribution in [0.5, 0.6) is 0 Å². The van der Waals surface area contributed by atoms with Gasteiger partial charge in [-0.25, -0.2) is 4.98 Å². The van der Waals surface area contributed by atoms with E-state index < -0.39 is 5.91 Å². The highest BCUT2D eigenvalue weighted by Gasteiger charge is 2.18. The van der Waals surface area contributed by atoms with Crippen LogP contribution in [0, 0.1) is 13.8 Å². The molecular weight excluding hydrogens is 358 g/mol. The summed E-state index contributed by atoms with van der Waals surface area (Å²) in [5.74, 6) is -0.463. The quantitative estimate of drug-likeness (QED) is 0.729. The first kappa shape index (κ1) is 17.6. The molecule has 5 nitrogen and oxygen atoms in total. The molecule has 0 fully saturated rings. The van der Waals surface area contributed by atoms with E-state index >= 15 is 0 Å². The number of carbonyl (C=O) groups excluding carboxylic acids is 1. The molecule has 0 atom stereocenters. The molecule has 3 aromatic rings. The number of benzene rings is 1. The van der Waals surface area contributed by atoms with Crippen molar-refractivity contribution in [1.82, 2.24) is 9.55 Å². The van der Waals surface area contributed by atoms with Crippen molar-refractivity contribution in [2.75, 3.05) is 5.32 Å². The monoisotopic (exact) mass is 375 g/mol. The van der Waals surface area contributed by atoms with Gasteiger partial charge >= 0.3 is 0 Å². The van der Waals surface area contributed by atoms with Gasteiger partial charge in [0.15, 0.2) is 5.13 Å². The van der Waals surface area contributed by atoms with Crippen molar-refractivity contribution in [3.05, 3.63) is 55.8 Å². The molecule has 0 spiro atoms. The predicted octanol–water partition coefficient (Wildman–Crippen LogP) is 4.56. The fourth-order valence-electron chi connectivity index (χ4n) is 2.61. The van der Waals surface area contributed by atoms with Gasteiger partial charge in [-0.2, -0.15) is 0 Å². The topological polar surface area (TPSA) is 64.0 Å². The molecule has 0 saturated carbocycles. The standard InChI is InChI=1S/C18H18ClN3O2S/c1-9(2)22-8-14(16(23)13-7-12(19)5-6-15(13)22)17(24)21-18-20-10(3)11(4)25-18/h5-9H,1-4H3,(H,20,21,24). The van der Waals surface area contributed by atoms with Gasteiger partial charge in [0, 0.05) is 27.5 Å². The molecule has 25 heavy (non-hydrogen) atoms. The number of nitrogens with one attached hydrogen (secondary N) is 1. The third-order valence-electron chi connectivity index (χ3n) is 4.04. The Labute approximate surface area is 154 Å². The van der Waals surface area contributed by atoms with E-state index in [4.69, 9.17) is 11.6 Å². The van der Waals surface area contributed by atoms with E-state index in [0.717, 1.165) is 16.1 Å². The Kier molecular flexibility index (Phi) is 4.67. The predicted molar refractivity (Wildman–Crippen MR) is 103 cm³/mol. The van der Waals surface area contributed by atoms with E-state index in [1.165, 1.54) is 11.3 Å². The smallest absolute Gasteiger partial charge is 0.262 e. The van der Waals surface area contributed by atoms with Gasteiger partial charge in [-0.1, -0.05) is 11.6 Å². The molecule has 3 rings (SSSR count). The Morgan fingerprint density at radius 2 is 2.04 bits per heavy atom. The van der Waals surface area contributed by atoms with Crippen molar-refractivity contribution >= 4 is 44.9 Å². The summed E-state index contributed by atoms with van der Waals surface area (Å²) < 4.78 is 1.90. The molecule has 0 radical (unpaired) electrons. The van der Waals surface area contributed by atoms with Crippen LogP contribution in [0.2, 0.25) is 5.02 Å². The lowest BCUT2D eigenvalue weighted by Gasteiger charge is -2.16. The molecule has 0 unspecified atom stereocenters. The van der Waals surface area contributed by atoms with Crippen molar-refractivity contribution in [2.45, 2.75) is 33.7 Å². The third-order valence-corrected chi connectivity index (χ3v) is 5.27. The van der Waals surface area contributed by atoms with Crippen LogP contribution in [-0.2, 0) is 0 Å². The lowest BCUT2D eigenvalue weighted by molar-refractivity contribution is 0.102. The molecule has 1 amide bonds. The minimum Gasteiger partial charge on any atom is -0.344 e. The van der Waals surface area contributed by atoms with Crippen LogP contribution in [-0.4, -0.2) is 15.5 Å². The summed E-state index contributed by atoms with van der Waals surface area (Å²) in [6.07, 6.45) is 1.60. The Bertz CT molecular complexity index is 1020. The Morgan fingerprint density at radius 1 is 1.32 bits per heavy atom. The average molecular weight is 376 g/mol. The van der Waals surface area contributed by atoms with Crippen LogP contribution >= 0.6 is 22.9 Å². The summed E-state index contributed by atoms with van der Waals surface area (Å²) in [5, 5.41) is 4.11. The molecule has 2 heterocycles. The number of aryl methyl sites for hydroxylation is 2. The molecule has 0 aliphatic rings. The van der Waals surface area contributed by atoms with Gasteiger partial charge in [-0.05, 0) is 45.9 Å². The molecule has 0 aliphatic heterocycles. The lowest BCUT2D eigenvalue weighted by atomic mass is 10.1. The number of hydrogen-bond acceptors (Lipinski definition) is 4. The van der Waals surface area contributed by atoms with Gasteiger partial charge < -0.3 is 4.57 Å². The first-order valence-electron chi connectivity index (χ1n) is 7.87. The van der Waals surface area contributed by atoms with E-state index in [2.05, 4.69) is 10.3 Å². The van der Waals surface area contributed by atoms with Crippen molar-refractivity contribution in [1.29, 1.82) is 0 Å². The Morgan fingerprint density at radius 3 is 2.64 bits per heavy atom. The molecule has 0 aliphatic carbocycles. The summed E-state index contributed by atoms with van der Waals surface area (Å²) >= 11 is 7.43. The van der Waals surface area contributed by atoms with Gasteiger partial charge in [0.2, 0.25) is 5.43 Å². The maximum atomic E-state index is 12.8. The van der Waals surface area contributed by atoms with Gasteiger partial charge in [-0.15, -0.1) is 11.3 Å². The highest BCUT2D eigenvalue weighted by Crippen LogP contribution is 2.23. The molecule has 2 aromatic heterocycles. The number of anilines is 1. The maximum Gasteiger partial charge on any atom is 0.262 e. The molecule has 0 saturated heterocycles. The van der Waals surface area contributed by atoms with Crippen LogP contribution in [0.25, 0.3) is 10.9 Å². The SMILES string of the molecule is Cc1nc(NC(=O)c2cn(C(C)C)c3ccc(Cl)cc3c2=O)sc1C. The number of hydrogen-bond donors (Lipinski definition) is 1. The first-order valence-corrected chi connectivity index (χ1v) is 9.07. The maximum absolute atomic E-state index is 12.8. The summed E-state index contributed by atoms with van der Waals surface area (Å²) in [4.78, 5) is 30.8. The minimum atomic E-state index is -0.463. The molecular formula is C18H18ClN3O2S. The number of amides is 1. The Hall–Kier alpha value is -2.18. The molecule has 1 aromatic carbocycles. The third kappa shape index (κ3) is 3.32. The van der Waals surface area contributed by atoms with Crippen LogP contribution in [0.3, 0.4) is 0 Å². The van der Waals surface area contributed by atoms with E-state index in [1.807, 2.05) is 32.3 Å². The van der Waals surface area contributed by atoms with Crippen LogP contribution < -0.4 is 10.7 Å². The summed E-state index contributed by atoms with van der Waals surface area (Å²) in [6.45, 7) is 7.80. The summed E-state index contributed by atoms with van der Waals surface area (Å²) in [7, 11) is 0. The number of halogens is 1. The molecule has 1 N–H and O–H groups in total. The van der Waals surface area contributed by atoms with Crippen LogP contribution in [0.4, 0.5) is 5.13 Å². The van der Waals surface area contributed by atoms with Crippen molar-refractivity contribution in [3.63, 3.8) is 0 Å². The van der Waals surface area contributed by atoms with Crippen molar-refractivity contribution in [3.8, 4) is 0 Å².